The summed E-state index contributed by atoms with van der Waals surface area (Å²) in [6, 6.07) is 1.38. The highest BCUT2D eigenvalue weighted by molar-refractivity contribution is 4.87. The van der Waals surface area contributed by atoms with Crippen molar-refractivity contribution in [1.82, 2.24) is 10.2 Å². The second-order valence-corrected chi connectivity index (χ2v) is 6.71. The third-order valence-electron chi connectivity index (χ3n) is 4.07. The zero-order valence-corrected chi connectivity index (χ0v) is 12.6. The Labute approximate surface area is 108 Å². The summed E-state index contributed by atoms with van der Waals surface area (Å²) in [5.41, 5.74) is 0.368. The molecule has 0 aromatic carbocycles. The number of nitrogens with zero attached hydrogens (tertiary/aromatic N) is 1. The first kappa shape index (κ1) is 15.0. The molecule has 1 saturated heterocycles. The third-order valence-corrected chi connectivity index (χ3v) is 4.07. The van der Waals surface area contributed by atoms with E-state index in [1.54, 1.807) is 0 Å². The predicted octanol–water partition coefficient (Wildman–Crippen LogP) is 3.28. The average Bonchev–Trinajstić information content (AvgIpc) is 2.50. The molecule has 0 amide bonds. The highest BCUT2D eigenvalue weighted by atomic mass is 15.2. The van der Waals surface area contributed by atoms with Crippen LogP contribution in [0.2, 0.25) is 0 Å². The lowest BCUT2D eigenvalue weighted by molar-refractivity contribution is 0.154. The molecular weight excluding hydrogens is 208 g/mol. The van der Waals surface area contributed by atoms with Gasteiger partial charge in [-0.25, -0.2) is 0 Å². The van der Waals surface area contributed by atoms with Crippen molar-refractivity contribution in [3.8, 4) is 0 Å². The molecule has 1 aliphatic heterocycles. The monoisotopic (exact) mass is 240 g/mol. The fourth-order valence-corrected chi connectivity index (χ4v) is 2.61. The van der Waals surface area contributed by atoms with Crippen molar-refractivity contribution in [2.75, 3.05) is 19.6 Å². The minimum atomic E-state index is 0.368. The molecule has 0 spiro atoms. The van der Waals surface area contributed by atoms with Crippen LogP contribution in [0.3, 0.4) is 0 Å². The van der Waals surface area contributed by atoms with Gasteiger partial charge in [0, 0.05) is 18.6 Å². The fraction of sp³-hybridized carbons (Fsp3) is 1.00. The number of hydrogen-bond donors (Lipinski definition) is 1. The van der Waals surface area contributed by atoms with E-state index in [4.69, 9.17) is 0 Å². The van der Waals surface area contributed by atoms with E-state index in [1.165, 1.54) is 45.3 Å². The second-order valence-electron chi connectivity index (χ2n) is 6.71. The molecule has 2 nitrogen and oxygen atoms in total. The fourth-order valence-electron chi connectivity index (χ4n) is 2.61. The second kappa shape index (κ2) is 6.75. The maximum Gasteiger partial charge on any atom is 0.0243 e. The van der Waals surface area contributed by atoms with Crippen molar-refractivity contribution in [2.24, 2.45) is 5.41 Å². The summed E-state index contributed by atoms with van der Waals surface area (Å²) < 4.78 is 0. The van der Waals surface area contributed by atoms with Crippen LogP contribution in [0.15, 0.2) is 0 Å². The van der Waals surface area contributed by atoms with Gasteiger partial charge in [0.15, 0.2) is 0 Å². The molecule has 1 N–H and O–H groups in total. The first-order chi connectivity index (χ1) is 7.95. The van der Waals surface area contributed by atoms with Gasteiger partial charge in [-0.05, 0) is 38.3 Å². The lowest BCUT2D eigenvalue weighted by atomic mass is 9.86. The molecule has 2 heteroatoms. The molecule has 2 unspecified atom stereocenters. The van der Waals surface area contributed by atoms with Gasteiger partial charge in [-0.2, -0.15) is 0 Å². The van der Waals surface area contributed by atoms with Crippen LogP contribution in [0.25, 0.3) is 0 Å². The van der Waals surface area contributed by atoms with Crippen LogP contribution in [-0.4, -0.2) is 36.6 Å². The maximum atomic E-state index is 3.72. The lowest BCUT2D eigenvalue weighted by Crippen LogP contribution is -2.48. The molecule has 1 heterocycles. The maximum absolute atomic E-state index is 3.72. The zero-order valence-electron chi connectivity index (χ0n) is 12.6. The minimum absolute atomic E-state index is 0.368. The van der Waals surface area contributed by atoms with Gasteiger partial charge in [0.05, 0.1) is 0 Å². The van der Waals surface area contributed by atoms with Gasteiger partial charge in [0.25, 0.3) is 0 Å². The van der Waals surface area contributed by atoms with Crippen molar-refractivity contribution in [3.63, 3.8) is 0 Å². The van der Waals surface area contributed by atoms with Gasteiger partial charge in [-0.3, -0.25) is 4.90 Å². The largest absolute Gasteiger partial charge is 0.312 e. The highest BCUT2D eigenvalue weighted by Crippen LogP contribution is 2.23. The van der Waals surface area contributed by atoms with Gasteiger partial charge < -0.3 is 5.32 Å². The zero-order chi connectivity index (χ0) is 12.9. The molecule has 0 aliphatic carbocycles. The van der Waals surface area contributed by atoms with Crippen molar-refractivity contribution in [1.29, 1.82) is 0 Å². The van der Waals surface area contributed by atoms with Gasteiger partial charge in [0.1, 0.15) is 0 Å². The van der Waals surface area contributed by atoms with E-state index in [2.05, 4.69) is 44.8 Å². The molecular formula is C15H32N2. The topological polar surface area (TPSA) is 15.3 Å². The molecule has 0 aromatic rings. The Morgan fingerprint density at radius 1 is 1.35 bits per heavy atom. The Hall–Kier alpha value is -0.0800. The molecule has 1 rings (SSSR count). The number of unbranched alkanes of at least 4 members (excludes halogenated alkanes) is 1. The van der Waals surface area contributed by atoms with Gasteiger partial charge in [0.2, 0.25) is 0 Å². The molecule has 1 fully saturated rings. The summed E-state index contributed by atoms with van der Waals surface area (Å²) in [6.45, 7) is 15.4. The summed E-state index contributed by atoms with van der Waals surface area (Å²) in [5.74, 6) is 0. The van der Waals surface area contributed by atoms with E-state index in [0.29, 0.717) is 11.5 Å². The quantitative estimate of drug-likeness (QED) is 0.811. The summed E-state index contributed by atoms with van der Waals surface area (Å²) in [7, 11) is 0. The van der Waals surface area contributed by atoms with Crippen molar-refractivity contribution in [3.05, 3.63) is 0 Å². The van der Waals surface area contributed by atoms with Crippen LogP contribution >= 0.6 is 0 Å². The van der Waals surface area contributed by atoms with Crippen molar-refractivity contribution in [2.45, 2.75) is 72.4 Å². The van der Waals surface area contributed by atoms with E-state index in [9.17, 15) is 0 Å². The molecule has 17 heavy (non-hydrogen) atoms. The molecule has 0 aromatic heterocycles. The van der Waals surface area contributed by atoms with Crippen LogP contribution < -0.4 is 5.32 Å². The summed E-state index contributed by atoms with van der Waals surface area (Å²) in [4.78, 5) is 2.70. The van der Waals surface area contributed by atoms with E-state index in [0.717, 1.165) is 6.04 Å². The Morgan fingerprint density at radius 3 is 2.65 bits per heavy atom. The lowest BCUT2D eigenvalue weighted by Gasteiger charge is -2.36. The molecule has 0 radical (unpaired) electrons. The first-order valence-electron chi connectivity index (χ1n) is 7.42. The van der Waals surface area contributed by atoms with Gasteiger partial charge >= 0.3 is 0 Å². The smallest absolute Gasteiger partial charge is 0.0243 e. The number of rotatable bonds is 4. The molecule has 1 aliphatic rings. The summed E-state index contributed by atoms with van der Waals surface area (Å²) >= 11 is 0. The van der Waals surface area contributed by atoms with Crippen molar-refractivity contribution >= 4 is 0 Å². The SMILES string of the molecule is CCCCC(C)N1CCCNC(C(C)(C)C)C1. The van der Waals surface area contributed by atoms with Gasteiger partial charge in [-0.15, -0.1) is 0 Å². The molecule has 2 atom stereocenters. The number of nitrogens with one attached hydrogen (secondary N) is 1. The normalized spacial score (nSPS) is 25.6. The van der Waals surface area contributed by atoms with Crippen LogP contribution in [0.5, 0.6) is 0 Å². The average molecular weight is 240 g/mol. The highest BCUT2D eigenvalue weighted by Gasteiger charge is 2.29. The van der Waals surface area contributed by atoms with E-state index < -0.39 is 0 Å². The Morgan fingerprint density at radius 2 is 2.06 bits per heavy atom. The van der Waals surface area contributed by atoms with Crippen LogP contribution in [0.4, 0.5) is 0 Å². The van der Waals surface area contributed by atoms with E-state index in [1.807, 2.05) is 0 Å². The van der Waals surface area contributed by atoms with Crippen molar-refractivity contribution < 1.29 is 0 Å². The van der Waals surface area contributed by atoms with E-state index in [-0.39, 0.29) is 0 Å². The minimum Gasteiger partial charge on any atom is -0.312 e. The van der Waals surface area contributed by atoms with Crippen LogP contribution in [-0.2, 0) is 0 Å². The predicted molar refractivity (Wildman–Crippen MR) is 76.4 cm³/mol. The number of hydrogen-bond acceptors (Lipinski definition) is 2. The standard InChI is InChI=1S/C15H32N2/c1-6-7-9-13(2)17-11-8-10-16-14(12-17)15(3,4)5/h13-14,16H,6-12H2,1-5H3. The Kier molecular flexibility index (Phi) is 5.94. The van der Waals surface area contributed by atoms with Gasteiger partial charge in [-0.1, -0.05) is 40.5 Å². The molecule has 102 valence electrons. The molecule has 0 bridgehead atoms. The first-order valence-corrected chi connectivity index (χ1v) is 7.42. The third kappa shape index (κ3) is 4.97. The molecule has 0 saturated carbocycles. The van der Waals surface area contributed by atoms with E-state index >= 15 is 0 Å². The summed E-state index contributed by atoms with van der Waals surface area (Å²) in [6.07, 6.45) is 5.33. The summed E-state index contributed by atoms with van der Waals surface area (Å²) in [5, 5.41) is 3.72. The van der Waals surface area contributed by atoms with Crippen LogP contribution in [0, 0.1) is 5.41 Å². The Bertz CT molecular complexity index is 207. The van der Waals surface area contributed by atoms with Crippen LogP contribution in [0.1, 0.15) is 60.3 Å². The Balaban J connectivity index is 2.53.